The fraction of sp³-hybridized carbons (Fsp3) is 0.444. The van der Waals surface area contributed by atoms with Crippen LogP contribution in [0.25, 0.3) is 5.69 Å². The lowest BCUT2D eigenvalue weighted by atomic mass is 9.98. The fourth-order valence-electron chi connectivity index (χ4n) is 3.95. The van der Waals surface area contributed by atoms with Crippen LogP contribution in [0.1, 0.15) is 25.7 Å². The molecule has 2 saturated carbocycles. The van der Waals surface area contributed by atoms with Crippen molar-refractivity contribution in [3.63, 3.8) is 0 Å². The third kappa shape index (κ3) is 2.60. The molecule has 0 radical (unpaired) electrons. The van der Waals surface area contributed by atoms with Crippen LogP contribution in [-0.2, 0) is 0 Å². The van der Waals surface area contributed by atoms with Crippen molar-refractivity contribution >= 4 is 0 Å². The topological polar surface area (TPSA) is 53.4 Å². The third-order valence-electron chi connectivity index (χ3n) is 5.09. The quantitative estimate of drug-likeness (QED) is 0.871. The van der Waals surface area contributed by atoms with Gasteiger partial charge in [0.05, 0.1) is 12.8 Å². The molecule has 0 spiro atoms. The number of methoxy groups -OCH3 is 1. The second-order valence-electron chi connectivity index (χ2n) is 6.44. The van der Waals surface area contributed by atoms with Crippen LogP contribution in [0.3, 0.4) is 0 Å². The van der Waals surface area contributed by atoms with Crippen molar-refractivity contribution in [1.29, 1.82) is 0 Å². The molecule has 2 aliphatic carbocycles. The monoisotopic (exact) mass is 312 g/mol. The van der Waals surface area contributed by atoms with Crippen LogP contribution in [0, 0.1) is 11.8 Å². The van der Waals surface area contributed by atoms with E-state index in [1.807, 2.05) is 18.2 Å². The highest BCUT2D eigenvalue weighted by Crippen LogP contribution is 2.47. The Hall–Kier alpha value is -2.30. The molecule has 5 heteroatoms. The first-order chi connectivity index (χ1) is 11.2. The van der Waals surface area contributed by atoms with Gasteiger partial charge in [0.25, 0.3) is 0 Å². The van der Waals surface area contributed by atoms with Crippen molar-refractivity contribution in [2.24, 2.45) is 11.8 Å². The molecule has 0 unspecified atom stereocenters. The molecule has 2 bridgehead atoms. The van der Waals surface area contributed by atoms with Gasteiger partial charge >= 0.3 is 5.69 Å². The van der Waals surface area contributed by atoms with E-state index in [4.69, 9.17) is 9.47 Å². The van der Waals surface area contributed by atoms with Gasteiger partial charge in [0.1, 0.15) is 6.10 Å². The van der Waals surface area contributed by atoms with Gasteiger partial charge < -0.3 is 9.47 Å². The summed E-state index contributed by atoms with van der Waals surface area (Å²) in [6, 6.07) is 7.29. The van der Waals surface area contributed by atoms with Gasteiger partial charge in [0.2, 0.25) is 0 Å². The second kappa shape index (κ2) is 5.72. The predicted molar refractivity (Wildman–Crippen MR) is 86.3 cm³/mol. The Morgan fingerprint density at radius 1 is 1.22 bits per heavy atom. The van der Waals surface area contributed by atoms with Crippen LogP contribution >= 0.6 is 0 Å². The SMILES string of the molecule is COc1ccc(-n2cccnc2=O)cc1O[C@H]1C[C@@H]2CC[C@H]1C2. The minimum atomic E-state index is -0.302. The Morgan fingerprint density at radius 3 is 2.83 bits per heavy atom. The number of hydrogen-bond donors (Lipinski definition) is 0. The standard InChI is InChI=1S/C18H20N2O3/c1-22-15-6-5-14(20-8-2-7-19-18(20)21)11-17(15)23-16-10-12-3-4-13(16)9-12/h2,5-8,11-13,16H,3-4,9-10H2,1H3/t12-,13+,16+/m1/s1. The van der Waals surface area contributed by atoms with Gasteiger partial charge in [0.15, 0.2) is 11.5 Å². The van der Waals surface area contributed by atoms with E-state index in [0.717, 1.165) is 18.0 Å². The lowest BCUT2D eigenvalue weighted by molar-refractivity contribution is 0.133. The number of nitrogens with zero attached hydrogens (tertiary/aromatic N) is 2. The van der Waals surface area contributed by atoms with Gasteiger partial charge in [-0.25, -0.2) is 9.78 Å². The van der Waals surface area contributed by atoms with Crippen molar-refractivity contribution in [3.8, 4) is 17.2 Å². The highest BCUT2D eigenvalue weighted by molar-refractivity contribution is 5.49. The first kappa shape index (κ1) is 14.3. The van der Waals surface area contributed by atoms with Crippen LogP contribution in [0.4, 0.5) is 0 Å². The molecule has 0 N–H and O–H groups in total. The number of fused-ring (bicyclic) bond motifs is 2. The molecule has 2 fully saturated rings. The van der Waals surface area contributed by atoms with E-state index < -0.39 is 0 Å². The lowest BCUT2D eigenvalue weighted by Crippen LogP contribution is -2.24. The zero-order chi connectivity index (χ0) is 15.8. The second-order valence-corrected chi connectivity index (χ2v) is 6.44. The summed E-state index contributed by atoms with van der Waals surface area (Å²) in [5.74, 6) is 2.89. The Kier molecular flexibility index (Phi) is 3.56. The minimum absolute atomic E-state index is 0.267. The smallest absolute Gasteiger partial charge is 0.352 e. The molecule has 120 valence electrons. The van der Waals surface area contributed by atoms with Crippen molar-refractivity contribution in [1.82, 2.24) is 9.55 Å². The summed E-state index contributed by atoms with van der Waals surface area (Å²) in [6.45, 7) is 0. The summed E-state index contributed by atoms with van der Waals surface area (Å²) in [6.07, 6.45) is 8.49. The van der Waals surface area contributed by atoms with Crippen molar-refractivity contribution in [2.45, 2.75) is 31.8 Å². The number of ether oxygens (including phenoxy) is 2. The highest BCUT2D eigenvalue weighted by atomic mass is 16.5. The summed E-state index contributed by atoms with van der Waals surface area (Å²) in [5.41, 5.74) is 0.436. The molecule has 3 atom stereocenters. The van der Waals surface area contributed by atoms with Crippen LogP contribution < -0.4 is 15.2 Å². The van der Waals surface area contributed by atoms with E-state index in [0.29, 0.717) is 17.4 Å². The fourth-order valence-corrected chi connectivity index (χ4v) is 3.95. The van der Waals surface area contributed by atoms with E-state index in [9.17, 15) is 4.79 Å². The maximum atomic E-state index is 11.9. The summed E-state index contributed by atoms with van der Waals surface area (Å²) >= 11 is 0. The molecular weight excluding hydrogens is 292 g/mol. The minimum Gasteiger partial charge on any atom is -0.493 e. The molecule has 0 aliphatic heterocycles. The van der Waals surface area contributed by atoms with E-state index in [-0.39, 0.29) is 11.8 Å². The number of aromatic nitrogens is 2. The Balaban J connectivity index is 1.66. The van der Waals surface area contributed by atoms with Gasteiger partial charge in [0, 0.05) is 18.5 Å². The van der Waals surface area contributed by atoms with Crippen molar-refractivity contribution in [3.05, 3.63) is 47.1 Å². The first-order valence-corrected chi connectivity index (χ1v) is 8.13. The molecule has 23 heavy (non-hydrogen) atoms. The lowest BCUT2D eigenvalue weighted by Gasteiger charge is -2.24. The summed E-state index contributed by atoms with van der Waals surface area (Å²) < 4.78 is 13.2. The molecule has 5 nitrogen and oxygen atoms in total. The average Bonchev–Trinajstić information content (AvgIpc) is 3.18. The number of rotatable bonds is 4. The van der Waals surface area contributed by atoms with Gasteiger partial charge in [-0.2, -0.15) is 0 Å². The van der Waals surface area contributed by atoms with Gasteiger partial charge in [-0.15, -0.1) is 0 Å². The van der Waals surface area contributed by atoms with Gasteiger partial charge in [-0.3, -0.25) is 4.57 Å². The third-order valence-corrected chi connectivity index (χ3v) is 5.09. The summed E-state index contributed by atoms with van der Waals surface area (Å²) in [4.78, 5) is 15.7. The zero-order valence-electron chi connectivity index (χ0n) is 13.1. The molecular formula is C18H20N2O3. The maximum Gasteiger partial charge on any atom is 0.352 e. The average molecular weight is 312 g/mol. The summed E-state index contributed by atoms with van der Waals surface area (Å²) in [7, 11) is 1.64. The largest absolute Gasteiger partial charge is 0.493 e. The van der Waals surface area contributed by atoms with E-state index >= 15 is 0 Å². The first-order valence-electron chi connectivity index (χ1n) is 8.13. The molecule has 4 rings (SSSR count). The van der Waals surface area contributed by atoms with E-state index in [1.54, 1.807) is 19.4 Å². The van der Waals surface area contributed by atoms with Crippen LogP contribution in [0.15, 0.2) is 41.5 Å². The van der Waals surface area contributed by atoms with E-state index in [2.05, 4.69) is 4.98 Å². The molecule has 1 heterocycles. The molecule has 0 saturated heterocycles. The number of benzene rings is 1. The molecule has 0 amide bonds. The normalized spacial score (nSPS) is 25.5. The van der Waals surface area contributed by atoms with Crippen LogP contribution in [0.2, 0.25) is 0 Å². The summed E-state index contributed by atoms with van der Waals surface area (Å²) in [5, 5.41) is 0. The van der Waals surface area contributed by atoms with Crippen molar-refractivity contribution < 1.29 is 9.47 Å². The molecule has 2 aromatic rings. The Labute approximate surface area is 134 Å². The molecule has 1 aromatic carbocycles. The zero-order valence-corrected chi connectivity index (χ0v) is 13.1. The van der Waals surface area contributed by atoms with E-state index in [1.165, 1.54) is 30.0 Å². The maximum absolute atomic E-state index is 11.9. The Bertz CT molecular complexity index is 771. The molecule has 1 aromatic heterocycles. The van der Waals surface area contributed by atoms with Crippen molar-refractivity contribution in [2.75, 3.05) is 7.11 Å². The van der Waals surface area contributed by atoms with Crippen LogP contribution in [0.5, 0.6) is 11.5 Å². The Morgan fingerprint density at radius 2 is 2.13 bits per heavy atom. The van der Waals surface area contributed by atoms with Crippen LogP contribution in [-0.4, -0.2) is 22.8 Å². The highest BCUT2D eigenvalue weighted by Gasteiger charge is 2.41. The number of hydrogen-bond acceptors (Lipinski definition) is 4. The molecule has 2 aliphatic rings. The van der Waals surface area contributed by atoms with Gasteiger partial charge in [-0.05, 0) is 55.7 Å². The predicted octanol–water partition coefficient (Wildman–Crippen LogP) is 2.81. The van der Waals surface area contributed by atoms with Gasteiger partial charge in [-0.1, -0.05) is 0 Å².